The van der Waals surface area contributed by atoms with Crippen molar-refractivity contribution in [2.24, 2.45) is 0 Å². The van der Waals surface area contributed by atoms with Gasteiger partial charge < -0.3 is 9.88 Å². The Bertz CT molecular complexity index is 318. The van der Waals surface area contributed by atoms with Gasteiger partial charge in [-0.2, -0.15) is 11.8 Å². The Morgan fingerprint density at radius 1 is 1.69 bits per heavy atom. The minimum atomic E-state index is 0.526. The second-order valence-corrected chi connectivity index (χ2v) is 5.30. The van der Waals surface area contributed by atoms with Crippen molar-refractivity contribution in [3.8, 4) is 0 Å². The van der Waals surface area contributed by atoms with Crippen molar-refractivity contribution in [1.29, 1.82) is 0 Å². The first-order valence-electron chi connectivity index (χ1n) is 6.10. The van der Waals surface area contributed by atoms with Gasteiger partial charge in [-0.15, -0.1) is 0 Å². The fraction of sp³-hybridized carbons (Fsp3) is 0.750. The normalized spacial score (nSPS) is 22.5. The zero-order chi connectivity index (χ0) is 11.4. The van der Waals surface area contributed by atoms with Gasteiger partial charge in [0.15, 0.2) is 0 Å². The second-order valence-electron chi connectivity index (χ2n) is 4.39. The van der Waals surface area contributed by atoms with Crippen LogP contribution in [0, 0.1) is 0 Å². The molecule has 1 fully saturated rings. The van der Waals surface area contributed by atoms with Crippen molar-refractivity contribution in [1.82, 2.24) is 14.9 Å². The van der Waals surface area contributed by atoms with E-state index < -0.39 is 0 Å². The summed E-state index contributed by atoms with van der Waals surface area (Å²) in [6, 6.07) is 1.12. The highest BCUT2D eigenvalue weighted by molar-refractivity contribution is 7.98. The lowest BCUT2D eigenvalue weighted by atomic mass is 10.1. The van der Waals surface area contributed by atoms with Crippen LogP contribution in [0.25, 0.3) is 0 Å². The van der Waals surface area contributed by atoms with Gasteiger partial charge in [0.2, 0.25) is 0 Å². The van der Waals surface area contributed by atoms with Crippen LogP contribution < -0.4 is 5.32 Å². The summed E-state index contributed by atoms with van der Waals surface area (Å²) in [5, 5.41) is 3.55. The molecule has 0 aliphatic carbocycles. The molecule has 0 amide bonds. The van der Waals surface area contributed by atoms with Crippen molar-refractivity contribution in [2.45, 2.75) is 38.3 Å². The third kappa shape index (κ3) is 2.43. The first-order valence-corrected chi connectivity index (χ1v) is 7.50. The Labute approximate surface area is 102 Å². The number of rotatable bonds is 5. The number of imidazole rings is 1. The first kappa shape index (κ1) is 12.0. The van der Waals surface area contributed by atoms with E-state index >= 15 is 0 Å². The van der Waals surface area contributed by atoms with E-state index in [9.17, 15) is 0 Å². The summed E-state index contributed by atoms with van der Waals surface area (Å²) in [5.41, 5.74) is 1.37. The molecular weight excluding hydrogens is 218 g/mol. The van der Waals surface area contributed by atoms with Gasteiger partial charge in [-0.25, -0.2) is 4.98 Å². The maximum absolute atomic E-state index is 4.33. The molecule has 1 aliphatic heterocycles. The Kier molecular flexibility index (Phi) is 4.29. The number of hydrogen-bond donors (Lipinski definition) is 1. The Balaban J connectivity index is 2.16. The lowest BCUT2D eigenvalue weighted by Gasteiger charge is -2.21. The van der Waals surface area contributed by atoms with Crippen LogP contribution in [-0.4, -0.2) is 28.1 Å². The topological polar surface area (TPSA) is 29.9 Å². The molecular formula is C12H21N3S. The molecule has 0 spiro atoms. The van der Waals surface area contributed by atoms with Crippen LogP contribution in [0.2, 0.25) is 0 Å². The Morgan fingerprint density at radius 2 is 2.56 bits per heavy atom. The van der Waals surface area contributed by atoms with Gasteiger partial charge in [-0.3, -0.25) is 0 Å². The molecule has 0 saturated carbocycles. The molecule has 0 aromatic carbocycles. The van der Waals surface area contributed by atoms with E-state index in [-0.39, 0.29) is 0 Å². The van der Waals surface area contributed by atoms with E-state index in [1.165, 1.54) is 30.7 Å². The zero-order valence-electron chi connectivity index (χ0n) is 10.1. The van der Waals surface area contributed by atoms with E-state index in [0.29, 0.717) is 12.1 Å². The highest BCUT2D eigenvalue weighted by atomic mass is 32.2. The summed E-state index contributed by atoms with van der Waals surface area (Å²) in [4.78, 5) is 4.33. The third-order valence-electron chi connectivity index (χ3n) is 3.34. The molecule has 16 heavy (non-hydrogen) atoms. The quantitative estimate of drug-likeness (QED) is 0.856. The monoisotopic (exact) mass is 239 g/mol. The summed E-state index contributed by atoms with van der Waals surface area (Å²) in [6.45, 7) is 3.40. The van der Waals surface area contributed by atoms with Gasteiger partial charge in [0.25, 0.3) is 0 Å². The van der Waals surface area contributed by atoms with Crippen molar-refractivity contribution in [2.75, 3.05) is 18.6 Å². The van der Waals surface area contributed by atoms with E-state index in [2.05, 4.69) is 28.0 Å². The van der Waals surface area contributed by atoms with Gasteiger partial charge in [0.05, 0.1) is 12.0 Å². The molecule has 1 aliphatic rings. The summed E-state index contributed by atoms with van der Waals surface area (Å²) < 4.78 is 2.37. The van der Waals surface area contributed by atoms with Crippen LogP contribution in [0.1, 0.15) is 44.0 Å². The first-order chi connectivity index (χ1) is 7.86. The van der Waals surface area contributed by atoms with Crippen molar-refractivity contribution < 1.29 is 0 Å². The highest BCUT2D eigenvalue weighted by Gasteiger charge is 2.22. The smallest absolute Gasteiger partial charge is 0.0951 e. The maximum atomic E-state index is 4.33. The minimum absolute atomic E-state index is 0.526. The Morgan fingerprint density at radius 3 is 3.19 bits per heavy atom. The predicted octanol–water partition coefficient (Wildman–Crippen LogP) is 2.62. The lowest BCUT2D eigenvalue weighted by molar-refractivity contribution is 0.486. The molecule has 2 heterocycles. The standard InChI is InChI=1S/C12H21N3S/c1-3-10(8-16-2)15-9-13-7-12(15)11-5-4-6-14-11/h7,9-11,14H,3-6,8H2,1-2H3/t10?,11-/m0/s1. The summed E-state index contributed by atoms with van der Waals surface area (Å²) in [7, 11) is 0. The van der Waals surface area contributed by atoms with Crippen molar-refractivity contribution in [3.63, 3.8) is 0 Å². The number of nitrogens with zero attached hydrogens (tertiary/aromatic N) is 2. The predicted molar refractivity (Wildman–Crippen MR) is 69.9 cm³/mol. The van der Waals surface area contributed by atoms with Gasteiger partial charge in [-0.05, 0) is 32.1 Å². The van der Waals surface area contributed by atoms with Gasteiger partial charge in [0.1, 0.15) is 0 Å². The largest absolute Gasteiger partial charge is 0.329 e. The lowest BCUT2D eigenvalue weighted by Crippen LogP contribution is -2.20. The molecule has 1 saturated heterocycles. The fourth-order valence-corrected chi connectivity index (χ4v) is 3.20. The van der Waals surface area contributed by atoms with Gasteiger partial charge in [-0.1, -0.05) is 6.92 Å². The molecule has 1 N–H and O–H groups in total. The molecule has 2 rings (SSSR count). The molecule has 1 aromatic rings. The molecule has 1 aromatic heterocycles. The summed E-state index contributed by atoms with van der Waals surface area (Å²) in [5.74, 6) is 1.17. The molecule has 90 valence electrons. The molecule has 3 nitrogen and oxygen atoms in total. The van der Waals surface area contributed by atoms with E-state index in [1.807, 2.05) is 24.3 Å². The van der Waals surface area contributed by atoms with Gasteiger partial charge in [0, 0.05) is 24.0 Å². The van der Waals surface area contributed by atoms with Crippen LogP contribution in [0.5, 0.6) is 0 Å². The molecule has 4 heteroatoms. The number of aromatic nitrogens is 2. The Hall–Kier alpha value is -0.480. The minimum Gasteiger partial charge on any atom is -0.329 e. The average Bonchev–Trinajstić information content (AvgIpc) is 2.94. The van der Waals surface area contributed by atoms with Crippen LogP contribution in [0.3, 0.4) is 0 Å². The third-order valence-corrected chi connectivity index (χ3v) is 4.06. The highest BCUT2D eigenvalue weighted by Crippen LogP contribution is 2.27. The molecule has 0 bridgehead atoms. The van der Waals surface area contributed by atoms with Crippen LogP contribution >= 0.6 is 11.8 Å². The van der Waals surface area contributed by atoms with E-state index in [4.69, 9.17) is 0 Å². The van der Waals surface area contributed by atoms with Crippen LogP contribution in [-0.2, 0) is 0 Å². The van der Waals surface area contributed by atoms with E-state index in [0.717, 1.165) is 6.54 Å². The van der Waals surface area contributed by atoms with Gasteiger partial charge >= 0.3 is 0 Å². The maximum Gasteiger partial charge on any atom is 0.0951 e. The number of hydrogen-bond acceptors (Lipinski definition) is 3. The SMILES string of the molecule is CCC(CSC)n1cncc1[C@@H]1CCCN1. The van der Waals surface area contributed by atoms with Crippen molar-refractivity contribution >= 4 is 11.8 Å². The molecule has 1 unspecified atom stereocenters. The second kappa shape index (κ2) is 5.73. The van der Waals surface area contributed by atoms with E-state index in [1.54, 1.807) is 0 Å². The molecule has 0 radical (unpaired) electrons. The summed E-state index contributed by atoms with van der Waals surface area (Å²) in [6.07, 6.45) is 9.92. The molecule has 2 atom stereocenters. The van der Waals surface area contributed by atoms with Crippen LogP contribution in [0.4, 0.5) is 0 Å². The van der Waals surface area contributed by atoms with Crippen LogP contribution in [0.15, 0.2) is 12.5 Å². The summed E-state index contributed by atoms with van der Waals surface area (Å²) >= 11 is 1.91. The van der Waals surface area contributed by atoms with Crippen molar-refractivity contribution in [3.05, 3.63) is 18.2 Å². The number of nitrogens with one attached hydrogen (secondary N) is 1. The number of thioether (sulfide) groups is 1. The average molecular weight is 239 g/mol. The zero-order valence-corrected chi connectivity index (χ0v) is 11.0. The fourth-order valence-electron chi connectivity index (χ4n) is 2.41.